The third kappa shape index (κ3) is 5.80. The molecule has 1 aromatic rings. The number of ether oxygens (including phenoxy) is 1. The molecule has 0 aliphatic carbocycles. The second kappa shape index (κ2) is 11.8. The van der Waals surface area contributed by atoms with Gasteiger partial charge >= 0.3 is 0 Å². The molecule has 236 valence electrons. The van der Waals surface area contributed by atoms with Gasteiger partial charge in [-0.15, -0.1) is 13.2 Å². The van der Waals surface area contributed by atoms with Crippen molar-refractivity contribution >= 4 is 17.7 Å². The van der Waals surface area contributed by atoms with Crippen LogP contribution in [0.1, 0.15) is 66.4 Å². The Morgan fingerprint density at radius 2 is 1.72 bits per heavy atom. The number of hydrogen-bond acceptors (Lipinski definition) is 5. The molecule has 3 fully saturated rings. The lowest BCUT2D eigenvalue weighted by atomic mass is 9.66. The van der Waals surface area contributed by atoms with E-state index in [-0.39, 0.29) is 29.7 Å². The molecule has 0 saturated carbocycles. The fraction of sp³-hybridized carbons (Fsp3) is 0.629. The van der Waals surface area contributed by atoms with E-state index in [0.29, 0.717) is 32.4 Å². The maximum absolute atomic E-state index is 15.1. The van der Waals surface area contributed by atoms with Crippen LogP contribution in [0.15, 0.2) is 55.6 Å². The van der Waals surface area contributed by atoms with Crippen molar-refractivity contribution in [3.63, 3.8) is 0 Å². The quantitative estimate of drug-likeness (QED) is 0.367. The molecule has 6 atom stereocenters. The third-order valence-electron chi connectivity index (χ3n) is 9.68. The van der Waals surface area contributed by atoms with Gasteiger partial charge in [-0.1, -0.05) is 63.3 Å². The average molecular weight is 594 g/mol. The van der Waals surface area contributed by atoms with Gasteiger partial charge in [0, 0.05) is 25.7 Å². The standard InChI is InChI=1S/C35H51N3O5/c1-10-19-36(9)29(40)26-27-30(41)38(25(22-39)21-24-15-13-12-14-16-24)28(35(27)18-17-34(26,8)43-35)31(42)37(20-11-2)33(6,7)23-32(3,4)5/h10-16,25-28,39H,1-2,17-23H2,3-9H3/t25-,26-,27+,28?,34+,35?/m1/s1. The van der Waals surface area contributed by atoms with Crippen LogP contribution in [0, 0.1) is 17.3 Å². The number of rotatable bonds is 12. The number of amides is 3. The molecule has 8 nitrogen and oxygen atoms in total. The molecule has 2 unspecified atom stereocenters. The minimum atomic E-state index is -1.18. The molecule has 43 heavy (non-hydrogen) atoms. The average Bonchev–Trinajstić information content (AvgIpc) is 3.49. The normalized spacial score (nSPS) is 28.9. The van der Waals surface area contributed by atoms with E-state index >= 15 is 4.79 Å². The number of hydrogen-bond donors (Lipinski definition) is 1. The number of carbonyl (C=O) groups excluding carboxylic acids is 3. The van der Waals surface area contributed by atoms with Gasteiger partial charge in [0.05, 0.1) is 30.1 Å². The van der Waals surface area contributed by atoms with Gasteiger partial charge in [0.25, 0.3) is 0 Å². The molecule has 0 radical (unpaired) electrons. The second-order valence-electron chi connectivity index (χ2n) is 14.8. The van der Waals surface area contributed by atoms with E-state index in [1.807, 2.05) is 56.0 Å². The first-order valence-corrected chi connectivity index (χ1v) is 15.5. The Labute approximate surface area is 257 Å². The molecule has 3 saturated heterocycles. The first-order valence-electron chi connectivity index (χ1n) is 15.5. The van der Waals surface area contributed by atoms with Crippen molar-refractivity contribution in [3.8, 4) is 0 Å². The second-order valence-corrected chi connectivity index (χ2v) is 14.8. The van der Waals surface area contributed by atoms with Crippen LogP contribution >= 0.6 is 0 Å². The summed E-state index contributed by atoms with van der Waals surface area (Å²) >= 11 is 0. The predicted octanol–water partition coefficient (Wildman–Crippen LogP) is 4.23. The first kappa shape index (κ1) is 32.9. The zero-order valence-electron chi connectivity index (χ0n) is 27.1. The van der Waals surface area contributed by atoms with Crippen LogP contribution in [0.5, 0.6) is 0 Å². The molecule has 3 amide bonds. The topological polar surface area (TPSA) is 90.4 Å². The van der Waals surface area contributed by atoms with Gasteiger partial charge in [0.15, 0.2) is 0 Å². The zero-order valence-corrected chi connectivity index (χ0v) is 27.1. The highest BCUT2D eigenvalue weighted by Crippen LogP contribution is 2.64. The van der Waals surface area contributed by atoms with E-state index in [4.69, 9.17) is 4.74 Å². The number of likely N-dealkylation sites (tertiary alicyclic amines) is 1. The van der Waals surface area contributed by atoms with Crippen molar-refractivity contribution in [2.75, 3.05) is 26.7 Å². The molecule has 3 aliphatic rings. The number of aliphatic hydroxyl groups excluding tert-OH is 1. The molecule has 8 heteroatoms. The van der Waals surface area contributed by atoms with Crippen LogP contribution in [-0.2, 0) is 25.5 Å². The molecular weight excluding hydrogens is 542 g/mol. The number of carbonyl (C=O) groups is 3. The molecular formula is C35H51N3O5. The summed E-state index contributed by atoms with van der Waals surface area (Å²) in [5, 5.41) is 10.8. The number of benzene rings is 1. The monoisotopic (exact) mass is 593 g/mol. The van der Waals surface area contributed by atoms with E-state index in [1.54, 1.807) is 29.0 Å². The van der Waals surface area contributed by atoms with Crippen molar-refractivity contribution < 1.29 is 24.2 Å². The van der Waals surface area contributed by atoms with Gasteiger partial charge in [0.2, 0.25) is 17.7 Å². The Hall–Kier alpha value is -2.97. The highest BCUT2D eigenvalue weighted by Gasteiger charge is 2.79. The van der Waals surface area contributed by atoms with Gasteiger partial charge in [-0.2, -0.15) is 0 Å². The summed E-state index contributed by atoms with van der Waals surface area (Å²) in [5.41, 5.74) is -1.75. The Bertz CT molecular complexity index is 1240. The molecule has 3 aliphatic heterocycles. The molecule has 1 N–H and O–H groups in total. The van der Waals surface area contributed by atoms with Crippen molar-refractivity contribution in [3.05, 3.63) is 61.2 Å². The van der Waals surface area contributed by atoms with Gasteiger partial charge < -0.3 is 24.5 Å². The summed E-state index contributed by atoms with van der Waals surface area (Å²) in [6.45, 7) is 20.5. The van der Waals surface area contributed by atoms with Crippen LogP contribution in [0.25, 0.3) is 0 Å². The Balaban J connectivity index is 1.86. The summed E-state index contributed by atoms with van der Waals surface area (Å²) in [4.78, 5) is 48.7. The molecule has 1 aromatic carbocycles. The highest BCUT2D eigenvalue weighted by atomic mass is 16.5. The summed E-state index contributed by atoms with van der Waals surface area (Å²) in [6.07, 6.45) is 5.50. The fourth-order valence-corrected chi connectivity index (χ4v) is 8.38. The Morgan fingerprint density at radius 3 is 2.28 bits per heavy atom. The van der Waals surface area contributed by atoms with E-state index in [9.17, 15) is 14.7 Å². The lowest BCUT2D eigenvalue weighted by molar-refractivity contribution is -0.159. The maximum atomic E-state index is 15.1. The van der Waals surface area contributed by atoms with Gasteiger partial charge in [0.1, 0.15) is 11.6 Å². The van der Waals surface area contributed by atoms with Crippen molar-refractivity contribution in [2.24, 2.45) is 17.3 Å². The summed E-state index contributed by atoms with van der Waals surface area (Å²) in [5.74, 6) is -2.29. The summed E-state index contributed by atoms with van der Waals surface area (Å²) < 4.78 is 6.86. The largest absolute Gasteiger partial charge is 0.394 e. The van der Waals surface area contributed by atoms with Gasteiger partial charge in [-0.25, -0.2) is 0 Å². The summed E-state index contributed by atoms with van der Waals surface area (Å²) in [6, 6.07) is 8.00. The fourth-order valence-electron chi connectivity index (χ4n) is 8.38. The predicted molar refractivity (Wildman–Crippen MR) is 168 cm³/mol. The minimum Gasteiger partial charge on any atom is -0.394 e. The van der Waals surface area contributed by atoms with E-state index < -0.39 is 40.7 Å². The molecule has 4 rings (SSSR count). The van der Waals surface area contributed by atoms with Crippen LogP contribution in [0.4, 0.5) is 0 Å². The number of aliphatic hydroxyl groups is 1. The van der Waals surface area contributed by atoms with E-state index in [2.05, 4.69) is 33.9 Å². The number of fused-ring (bicyclic) bond motifs is 1. The Kier molecular flexibility index (Phi) is 9.07. The highest BCUT2D eigenvalue weighted by molar-refractivity contribution is 5.99. The SMILES string of the molecule is C=CCN(C)C(=O)[C@H]1[C@H]2C(=O)N([C@@H](CO)Cc3ccccc3)C(C(=O)N(CC=C)C(C)(C)CC(C)(C)C)C23CC[C@]1(C)O3. The van der Waals surface area contributed by atoms with Crippen LogP contribution in [0.2, 0.25) is 0 Å². The number of likely N-dealkylation sites (N-methyl/N-ethyl adjacent to an activating group) is 1. The minimum absolute atomic E-state index is 0.0702. The maximum Gasteiger partial charge on any atom is 0.249 e. The van der Waals surface area contributed by atoms with Crippen LogP contribution < -0.4 is 0 Å². The van der Waals surface area contributed by atoms with E-state index in [1.165, 1.54) is 0 Å². The van der Waals surface area contributed by atoms with E-state index in [0.717, 1.165) is 12.0 Å². The van der Waals surface area contributed by atoms with Crippen molar-refractivity contribution in [2.45, 2.75) is 96.1 Å². The molecule has 3 heterocycles. The third-order valence-corrected chi connectivity index (χ3v) is 9.68. The van der Waals surface area contributed by atoms with Gasteiger partial charge in [-0.05, 0) is 57.4 Å². The number of nitrogens with zero attached hydrogens (tertiary/aromatic N) is 3. The first-order chi connectivity index (χ1) is 20.1. The van der Waals surface area contributed by atoms with Gasteiger partial charge in [-0.3, -0.25) is 14.4 Å². The van der Waals surface area contributed by atoms with Crippen molar-refractivity contribution in [1.82, 2.24) is 14.7 Å². The molecule has 0 aromatic heterocycles. The smallest absolute Gasteiger partial charge is 0.249 e. The lowest BCUT2D eigenvalue weighted by Crippen LogP contribution is -2.62. The molecule has 2 bridgehead atoms. The van der Waals surface area contributed by atoms with Crippen LogP contribution in [-0.4, -0.2) is 93.1 Å². The summed E-state index contributed by atoms with van der Waals surface area (Å²) in [7, 11) is 1.71. The Morgan fingerprint density at radius 1 is 1.09 bits per heavy atom. The lowest BCUT2D eigenvalue weighted by Gasteiger charge is -2.46. The molecule has 1 spiro atoms. The van der Waals surface area contributed by atoms with Crippen molar-refractivity contribution in [1.29, 1.82) is 0 Å². The van der Waals surface area contributed by atoms with Crippen LogP contribution in [0.3, 0.4) is 0 Å². The zero-order chi connectivity index (χ0) is 32.0.